The van der Waals surface area contributed by atoms with Gasteiger partial charge in [0.1, 0.15) is 24.4 Å². The Morgan fingerprint density at radius 3 is 2.59 bits per heavy atom. The molecule has 1 amide bonds. The number of benzene rings is 1. The molecule has 0 saturated carbocycles. The number of aryl methyl sites for hydroxylation is 1. The van der Waals surface area contributed by atoms with Crippen LogP contribution in [0.5, 0.6) is 0 Å². The summed E-state index contributed by atoms with van der Waals surface area (Å²) < 4.78 is 17.0. The second-order valence-corrected chi connectivity index (χ2v) is 8.68. The molecule has 1 saturated heterocycles. The van der Waals surface area contributed by atoms with Crippen LogP contribution in [-0.2, 0) is 25.4 Å². The van der Waals surface area contributed by atoms with E-state index in [1.54, 1.807) is 0 Å². The number of fused-ring (bicyclic) bond motifs is 1. The van der Waals surface area contributed by atoms with E-state index in [9.17, 15) is 30.3 Å². The molecule has 1 aliphatic carbocycles. The van der Waals surface area contributed by atoms with Crippen molar-refractivity contribution < 1.29 is 44.5 Å². The average Bonchev–Trinajstić information content (AvgIpc) is 3.29. The number of amides is 1. The first-order valence-corrected chi connectivity index (χ1v) is 11.4. The fourth-order valence-corrected chi connectivity index (χ4v) is 4.78. The summed E-state index contributed by atoms with van der Waals surface area (Å²) in [5.41, 5.74) is 2.71. The number of aliphatic hydroxyl groups excluding tert-OH is 5. The SMILES string of the molecule is CCc1ccccc1NC(=O)C1=CO[C@@H](O[C@@H]2O[C@H](CO)[C@@H](O)[C@H](O)[C@H]2O)[C@@H]2C(CO)=CC[C@H]12. The van der Waals surface area contributed by atoms with E-state index >= 15 is 0 Å². The largest absolute Gasteiger partial charge is 0.471 e. The van der Waals surface area contributed by atoms with Gasteiger partial charge in [0, 0.05) is 11.6 Å². The number of carbonyl (C=O) groups excluding carboxylic acids is 1. The molecule has 1 fully saturated rings. The molecule has 3 aliphatic rings. The molecule has 2 aliphatic heterocycles. The molecule has 2 heterocycles. The normalized spacial score (nSPS) is 35.1. The molecular formula is C24H31NO9. The highest BCUT2D eigenvalue weighted by Crippen LogP contribution is 2.44. The number of hydrogen-bond donors (Lipinski definition) is 6. The number of ether oxygens (including phenoxy) is 3. The Labute approximate surface area is 197 Å². The zero-order valence-electron chi connectivity index (χ0n) is 18.8. The summed E-state index contributed by atoms with van der Waals surface area (Å²) in [6.07, 6.45) is -3.90. The molecule has 10 heteroatoms. The minimum absolute atomic E-state index is 0.271. The van der Waals surface area contributed by atoms with Gasteiger partial charge in [-0.2, -0.15) is 0 Å². The number of hydrogen-bond acceptors (Lipinski definition) is 9. The van der Waals surface area contributed by atoms with Gasteiger partial charge in [-0.15, -0.1) is 0 Å². The van der Waals surface area contributed by atoms with E-state index in [2.05, 4.69) is 5.32 Å². The van der Waals surface area contributed by atoms with Gasteiger partial charge in [-0.05, 0) is 30.0 Å². The van der Waals surface area contributed by atoms with Crippen LogP contribution in [0.2, 0.25) is 0 Å². The standard InChI is InChI=1S/C24H31NO9/c1-2-12-5-3-4-6-16(12)25-22(31)15-11-32-23(18-13(9-26)7-8-14(15)18)34-24-21(30)20(29)19(28)17(10-27)33-24/h3-7,11,14,17-21,23-24,26-30H,2,8-10H2,1H3,(H,25,31)/t14-,17-,18-,19-,20+,21-,23+,24+/m1/s1. The van der Waals surface area contributed by atoms with Crippen LogP contribution >= 0.6 is 0 Å². The minimum Gasteiger partial charge on any atom is -0.471 e. The van der Waals surface area contributed by atoms with E-state index in [0.29, 0.717) is 23.3 Å². The predicted molar refractivity (Wildman–Crippen MR) is 119 cm³/mol. The third-order valence-electron chi connectivity index (χ3n) is 6.73. The maximum absolute atomic E-state index is 13.1. The molecule has 8 atom stereocenters. The molecule has 6 N–H and O–H groups in total. The number of para-hydroxylation sites is 1. The molecule has 4 rings (SSSR count). The maximum atomic E-state index is 13.1. The van der Waals surface area contributed by atoms with Crippen LogP contribution in [-0.4, -0.2) is 81.6 Å². The van der Waals surface area contributed by atoms with Crippen molar-refractivity contribution in [2.45, 2.75) is 56.8 Å². The van der Waals surface area contributed by atoms with Crippen LogP contribution in [0, 0.1) is 11.8 Å². The van der Waals surface area contributed by atoms with Gasteiger partial charge >= 0.3 is 0 Å². The summed E-state index contributed by atoms with van der Waals surface area (Å²) in [5, 5.41) is 52.6. The van der Waals surface area contributed by atoms with E-state index in [0.717, 1.165) is 12.0 Å². The van der Waals surface area contributed by atoms with Gasteiger partial charge in [0.05, 0.1) is 31.0 Å². The summed E-state index contributed by atoms with van der Waals surface area (Å²) >= 11 is 0. The molecule has 1 aromatic carbocycles. The lowest BCUT2D eigenvalue weighted by Crippen LogP contribution is -2.60. The number of carbonyl (C=O) groups is 1. The highest BCUT2D eigenvalue weighted by molar-refractivity contribution is 6.04. The predicted octanol–water partition coefficient (Wildman–Crippen LogP) is -0.201. The Kier molecular flexibility index (Phi) is 7.68. The Hall–Kier alpha value is -2.31. The van der Waals surface area contributed by atoms with Crippen LogP contribution < -0.4 is 5.32 Å². The molecule has 10 nitrogen and oxygen atoms in total. The van der Waals surface area contributed by atoms with E-state index in [1.807, 2.05) is 37.3 Å². The van der Waals surface area contributed by atoms with Gasteiger partial charge in [0.25, 0.3) is 5.91 Å². The van der Waals surface area contributed by atoms with Crippen LogP contribution in [0.1, 0.15) is 18.9 Å². The van der Waals surface area contributed by atoms with Crippen molar-refractivity contribution in [3.63, 3.8) is 0 Å². The molecule has 0 unspecified atom stereocenters. The van der Waals surface area contributed by atoms with Gasteiger partial charge in [-0.25, -0.2) is 0 Å². The summed E-state index contributed by atoms with van der Waals surface area (Å²) in [5.74, 6) is -1.21. The maximum Gasteiger partial charge on any atom is 0.255 e. The number of aliphatic hydroxyl groups is 5. The summed E-state index contributed by atoms with van der Waals surface area (Å²) in [4.78, 5) is 13.1. The van der Waals surface area contributed by atoms with Crippen molar-refractivity contribution in [2.75, 3.05) is 18.5 Å². The molecular weight excluding hydrogens is 446 g/mol. The summed E-state index contributed by atoms with van der Waals surface area (Å²) in [6, 6.07) is 7.52. The van der Waals surface area contributed by atoms with E-state index in [1.165, 1.54) is 6.26 Å². The van der Waals surface area contributed by atoms with E-state index in [-0.39, 0.29) is 18.4 Å². The van der Waals surface area contributed by atoms with E-state index < -0.39 is 49.5 Å². The molecule has 0 spiro atoms. The van der Waals surface area contributed by atoms with Crippen molar-refractivity contribution in [3.8, 4) is 0 Å². The lowest BCUT2D eigenvalue weighted by atomic mass is 9.83. The van der Waals surface area contributed by atoms with E-state index in [4.69, 9.17) is 14.2 Å². The Morgan fingerprint density at radius 1 is 1.12 bits per heavy atom. The monoisotopic (exact) mass is 477 g/mol. The number of allylic oxidation sites excluding steroid dienone is 1. The average molecular weight is 478 g/mol. The summed E-state index contributed by atoms with van der Waals surface area (Å²) in [7, 11) is 0. The second-order valence-electron chi connectivity index (χ2n) is 8.68. The van der Waals surface area contributed by atoms with Crippen LogP contribution in [0.25, 0.3) is 0 Å². The molecule has 0 bridgehead atoms. The van der Waals surface area contributed by atoms with Gasteiger partial charge in [-0.1, -0.05) is 31.2 Å². The highest BCUT2D eigenvalue weighted by atomic mass is 16.8. The smallest absolute Gasteiger partial charge is 0.255 e. The van der Waals surface area contributed by atoms with Crippen molar-refractivity contribution in [1.29, 1.82) is 0 Å². The Balaban J connectivity index is 1.54. The van der Waals surface area contributed by atoms with Crippen LogP contribution in [0.4, 0.5) is 5.69 Å². The lowest BCUT2D eigenvalue weighted by molar-refractivity contribution is -0.339. The zero-order chi connectivity index (χ0) is 24.4. The molecule has 186 valence electrons. The van der Waals surface area contributed by atoms with Crippen LogP contribution in [0.3, 0.4) is 0 Å². The second kappa shape index (κ2) is 10.5. The molecule has 0 radical (unpaired) electrons. The summed E-state index contributed by atoms with van der Waals surface area (Å²) in [6.45, 7) is 1.14. The van der Waals surface area contributed by atoms with Crippen molar-refractivity contribution in [1.82, 2.24) is 0 Å². The molecule has 34 heavy (non-hydrogen) atoms. The Morgan fingerprint density at radius 2 is 1.88 bits per heavy atom. The van der Waals surface area contributed by atoms with Crippen molar-refractivity contribution >= 4 is 11.6 Å². The van der Waals surface area contributed by atoms with Gasteiger partial charge in [0.15, 0.2) is 6.29 Å². The topological polar surface area (TPSA) is 158 Å². The first kappa shape index (κ1) is 24.8. The first-order valence-electron chi connectivity index (χ1n) is 11.4. The van der Waals surface area contributed by atoms with Crippen molar-refractivity contribution in [2.24, 2.45) is 11.8 Å². The molecule has 0 aromatic heterocycles. The van der Waals surface area contributed by atoms with Gasteiger partial charge in [0.2, 0.25) is 6.29 Å². The van der Waals surface area contributed by atoms with Gasteiger partial charge in [-0.3, -0.25) is 4.79 Å². The zero-order valence-corrected chi connectivity index (χ0v) is 18.8. The van der Waals surface area contributed by atoms with Crippen molar-refractivity contribution in [3.05, 3.63) is 53.3 Å². The van der Waals surface area contributed by atoms with Gasteiger partial charge < -0.3 is 45.1 Å². The first-order chi connectivity index (χ1) is 16.4. The third-order valence-corrected chi connectivity index (χ3v) is 6.73. The molecule has 1 aromatic rings. The third kappa shape index (κ3) is 4.63. The van der Waals surface area contributed by atoms with Crippen LogP contribution in [0.15, 0.2) is 47.7 Å². The fourth-order valence-electron chi connectivity index (χ4n) is 4.78. The number of nitrogens with one attached hydrogen (secondary N) is 1. The quantitative estimate of drug-likeness (QED) is 0.293. The fraction of sp³-hybridized carbons (Fsp3) is 0.542. The number of anilines is 1. The lowest BCUT2D eigenvalue weighted by Gasteiger charge is -2.43. The highest BCUT2D eigenvalue weighted by Gasteiger charge is 2.49. The minimum atomic E-state index is -1.60. The number of rotatable bonds is 7. The Bertz CT molecular complexity index is 946.